The number of carbonyl (C=O) groups excluding carboxylic acids is 1. The Morgan fingerprint density at radius 2 is 2.25 bits per heavy atom. The van der Waals surface area contributed by atoms with E-state index in [4.69, 9.17) is 0 Å². The Labute approximate surface area is 74.7 Å². The van der Waals surface area contributed by atoms with Gasteiger partial charge in [0.25, 0.3) is 0 Å². The molecule has 0 amide bonds. The highest BCUT2D eigenvalue weighted by molar-refractivity contribution is 5.86. The topological polar surface area (TPSA) is 29.1 Å². The summed E-state index contributed by atoms with van der Waals surface area (Å²) in [5.74, 6) is 1.15. The molecule has 0 bridgehead atoms. The van der Waals surface area contributed by atoms with Crippen molar-refractivity contribution in [2.24, 2.45) is 11.8 Å². The molecular weight excluding hydrogens is 150 g/mol. The van der Waals surface area contributed by atoms with Crippen LogP contribution < -0.4 is 5.32 Å². The molecule has 1 aliphatic heterocycles. The van der Waals surface area contributed by atoms with Crippen molar-refractivity contribution >= 4 is 5.78 Å². The number of rotatable bonds is 3. The van der Waals surface area contributed by atoms with Crippen molar-refractivity contribution in [3.05, 3.63) is 0 Å². The summed E-state index contributed by atoms with van der Waals surface area (Å²) in [7, 11) is 0. The van der Waals surface area contributed by atoms with Crippen LogP contribution in [-0.2, 0) is 4.79 Å². The molecule has 2 nitrogen and oxygen atoms in total. The smallest absolute Gasteiger partial charge is 0.152 e. The molecule has 0 spiro atoms. The lowest BCUT2D eigenvalue weighted by Crippen LogP contribution is -2.38. The molecule has 1 N–H and O–H groups in total. The second-order valence-electron chi connectivity index (χ2n) is 3.95. The number of ketones is 1. The number of hydrogen-bond donors (Lipinski definition) is 1. The monoisotopic (exact) mass is 169 g/mol. The molecule has 0 radical (unpaired) electrons. The Balaban J connectivity index is 2.55. The van der Waals surface area contributed by atoms with Crippen LogP contribution in [0.1, 0.15) is 33.6 Å². The summed E-state index contributed by atoms with van der Waals surface area (Å²) in [5.41, 5.74) is 0. The van der Waals surface area contributed by atoms with Crippen molar-refractivity contribution in [2.45, 2.75) is 39.7 Å². The molecule has 2 atom stereocenters. The van der Waals surface area contributed by atoms with E-state index in [1.165, 1.54) is 6.42 Å². The van der Waals surface area contributed by atoms with Gasteiger partial charge in [0.15, 0.2) is 5.78 Å². The molecule has 12 heavy (non-hydrogen) atoms. The molecule has 1 aliphatic rings. The summed E-state index contributed by atoms with van der Waals surface area (Å²) in [6.07, 6.45) is 2.29. The van der Waals surface area contributed by atoms with Gasteiger partial charge in [0.1, 0.15) is 0 Å². The first kappa shape index (κ1) is 9.72. The van der Waals surface area contributed by atoms with Gasteiger partial charge in [0, 0.05) is 5.92 Å². The SMILES string of the molecule is CC[C@@H]1CCN[C@@H]1C(=O)C(C)C. The van der Waals surface area contributed by atoms with Gasteiger partial charge in [0.05, 0.1) is 6.04 Å². The van der Waals surface area contributed by atoms with Gasteiger partial charge in [-0.15, -0.1) is 0 Å². The third-order valence-corrected chi connectivity index (χ3v) is 2.75. The fourth-order valence-corrected chi connectivity index (χ4v) is 1.89. The van der Waals surface area contributed by atoms with Gasteiger partial charge in [-0.25, -0.2) is 0 Å². The average molecular weight is 169 g/mol. The molecule has 0 aromatic carbocycles. The summed E-state index contributed by atoms with van der Waals surface area (Å²) in [5, 5.41) is 3.29. The standard InChI is InChI=1S/C10H19NO/c1-4-8-5-6-11-9(8)10(12)7(2)3/h7-9,11H,4-6H2,1-3H3/t8-,9+/m1/s1. The first-order valence-electron chi connectivity index (χ1n) is 4.94. The third kappa shape index (κ3) is 1.86. The van der Waals surface area contributed by atoms with Crippen LogP contribution in [0.4, 0.5) is 0 Å². The van der Waals surface area contributed by atoms with Gasteiger partial charge in [-0.3, -0.25) is 4.79 Å². The molecule has 0 aromatic rings. The Kier molecular flexibility index (Phi) is 3.27. The van der Waals surface area contributed by atoms with Crippen LogP contribution in [0.2, 0.25) is 0 Å². The molecule has 1 rings (SSSR count). The largest absolute Gasteiger partial charge is 0.307 e. The van der Waals surface area contributed by atoms with Gasteiger partial charge in [-0.2, -0.15) is 0 Å². The minimum absolute atomic E-state index is 0.148. The zero-order valence-corrected chi connectivity index (χ0v) is 8.26. The first-order valence-corrected chi connectivity index (χ1v) is 4.94. The Morgan fingerprint density at radius 1 is 1.58 bits per heavy atom. The van der Waals surface area contributed by atoms with Gasteiger partial charge in [-0.05, 0) is 18.9 Å². The van der Waals surface area contributed by atoms with Gasteiger partial charge in [0.2, 0.25) is 0 Å². The maximum Gasteiger partial charge on any atom is 0.152 e. The minimum atomic E-state index is 0.148. The number of nitrogens with one attached hydrogen (secondary N) is 1. The average Bonchev–Trinajstić information content (AvgIpc) is 2.49. The van der Waals surface area contributed by atoms with Crippen molar-refractivity contribution in [1.82, 2.24) is 5.32 Å². The molecule has 0 saturated carbocycles. The van der Waals surface area contributed by atoms with E-state index in [2.05, 4.69) is 12.2 Å². The molecule has 0 aromatic heterocycles. The number of hydrogen-bond acceptors (Lipinski definition) is 2. The van der Waals surface area contributed by atoms with Crippen LogP contribution in [0.3, 0.4) is 0 Å². The van der Waals surface area contributed by atoms with Crippen LogP contribution in [0.15, 0.2) is 0 Å². The molecule has 1 fully saturated rings. The molecule has 1 saturated heterocycles. The van der Waals surface area contributed by atoms with Crippen molar-refractivity contribution < 1.29 is 4.79 Å². The normalized spacial score (nSPS) is 29.7. The van der Waals surface area contributed by atoms with E-state index in [0.717, 1.165) is 13.0 Å². The quantitative estimate of drug-likeness (QED) is 0.695. The van der Waals surface area contributed by atoms with E-state index in [0.29, 0.717) is 11.7 Å². The summed E-state index contributed by atoms with van der Waals surface area (Å²) in [4.78, 5) is 11.7. The van der Waals surface area contributed by atoms with Crippen molar-refractivity contribution in [3.8, 4) is 0 Å². The highest BCUT2D eigenvalue weighted by atomic mass is 16.1. The highest BCUT2D eigenvalue weighted by Gasteiger charge is 2.31. The summed E-state index contributed by atoms with van der Waals surface area (Å²) < 4.78 is 0. The molecular formula is C10H19NO. The Hall–Kier alpha value is -0.370. The summed E-state index contributed by atoms with van der Waals surface area (Å²) in [6, 6.07) is 0.148. The van der Waals surface area contributed by atoms with Crippen molar-refractivity contribution in [2.75, 3.05) is 6.54 Å². The number of carbonyl (C=O) groups is 1. The van der Waals surface area contributed by atoms with Crippen LogP contribution >= 0.6 is 0 Å². The van der Waals surface area contributed by atoms with Crippen molar-refractivity contribution in [1.29, 1.82) is 0 Å². The number of Topliss-reactive ketones (excluding diaryl/α,β-unsaturated/α-hetero) is 1. The molecule has 1 heterocycles. The lowest BCUT2D eigenvalue weighted by Gasteiger charge is -2.18. The second-order valence-corrected chi connectivity index (χ2v) is 3.95. The molecule has 2 heteroatoms. The first-order chi connectivity index (χ1) is 5.66. The van der Waals surface area contributed by atoms with E-state index < -0.39 is 0 Å². The van der Waals surface area contributed by atoms with E-state index in [1.54, 1.807) is 0 Å². The molecule has 0 aliphatic carbocycles. The predicted octanol–water partition coefficient (Wildman–Crippen LogP) is 1.60. The maximum atomic E-state index is 11.7. The van der Waals surface area contributed by atoms with Gasteiger partial charge < -0.3 is 5.32 Å². The van der Waals surface area contributed by atoms with Crippen LogP contribution in [-0.4, -0.2) is 18.4 Å². The second kappa shape index (κ2) is 4.04. The fraction of sp³-hybridized carbons (Fsp3) is 0.900. The lowest BCUT2D eigenvalue weighted by atomic mass is 9.90. The Bertz CT molecular complexity index is 165. The van der Waals surface area contributed by atoms with Crippen LogP contribution in [0, 0.1) is 11.8 Å². The zero-order valence-electron chi connectivity index (χ0n) is 8.26. The van der Waals surface area contributed by atoms with Crippen LogP contribution in [0.25, 0.3) is 0 Å². The van der Waals surface area contributed by atoms with E-state index in [9.17, 15) is 4.79 Å². The van der Waals surface area contributed by atoms with E-state index >= 15 is 0 Å². The van der Waals surface area contributed by atoms with Crippen molar-refractivity contribution in [3.63, 3.8) is 0 Å². The van der Waals surface area contributed by atoms with Gasteiger partial charge in [-0.1, -0.05) is 27.2 Å². The molecule has 70 valence electrons. The summed E-state index contributed by atoms with van der Waals surface area (Å²) in [6.45, 7) is 7.14. The maximum absolute atomic E-state index is 11.7. The Morgan fingerprint density at radius 3 is 2.75 bits per heavy atom. The van der Waals surface area contributed by atoms with E-state index in [-0.39, 0.29) is 12.0 Å². The fourth-order valence-electron chi connectivity index (χ4n) is 1.89. The molecule has 0 unspecified atom stereocenters. The summed E-state index contributed by atoms with van der Waals surface area (Å²) >= 11 is 0. The highest BCUT2D eigenvalue weighted by Crippen LogP contribution is 2.21. The zero-order chi connectivity index (χ0) is 9.14. The minimum Gasteiger partial charge on any atom is -0.307 e. The lowest BCUT2D eigenvalue weighted by molar-refractivity contribution is -0.124. The third-order valence-electron chi connectivity index (χ3n) is 2.75. The predicted molar refractivity (Wildman–Crippen MR) is 50.0 cm³/mol. The van der Waals surface area contributed by atoms with Gasteiger partial charge >= 0.3 is 0 Å². The van der Waals surface area contributed by atoms with E-state index in [1.807, 2.05) is 13.8 Å². The van der Waals surface area contributed by atoms with Crippen LogP contribution in [0.5, 0.6) is 0 Å².